The summed E-state index contributed by atoms with van der Waals surface area (Å²) in [5.74, 6) is -0.234. The van der Waals surface area contributed by atoms with E-state index in [-0.39, 0.29) is 23.0 Å². The van der Waals surface area contributed by atoms with Gasteiger partial charge < -0.3 is 14.8 Å². The molecular formula is C27H24ClFN2O3. The van der Waals surface area contributed by atoms with Crippen LogP contribution in [-0.4, -0.2) is 12.5 Å². The number of benzene rings is 3. The molecule has 3 aromatic rings. The highest BCUT2D eigenvalue weighted by Crippen LogP contribution is 2.38. The standard InChI is InChI=1S/C27H24ClFN2O3/c1-3-20-9-5-6-11-24(20)31-27(32)21(16-30)12-19-14-23(28)26(25(15-19)33-4-2)34-17-18-8-7-10-22(29)13-18/h5-15H,3-4,17H2,1-2H3,(H,31,32)/b21-12+. The van der Waals surface area contributed by atoms with E-state index in [1.807, 2.05) is 38.1 Å². The first kappa shape index (κ1) is 24.8. The van der Waals surface area contributed by atoms with Gasteiger partial charge in [0.25, 0.3) is 5.91 Å². The van der Waals surface area contributed by atoms with E-state index in [4.69, 9.17) is 21.1 Å². The number of carbonyl (C=O) groups excluding carboxylic acids is 1. The Hall–Kier alpha value is -3.82. The van der Waals surface area contributed by atoms with Crippen molar-refractivity contribution in [2.75, 3.05) is 11.9 Å². The molecule has 0 saturated carbocycles. The highest BCUT2D eigenvalue weighted by atomic mass is 35.5. The molecule has 3 rings (SSSR count). The Labute approximate surface area is 203 Å². The SMILES string of the molecule is CCOc1cc(/C=C(\C#N)C(=O)Nc2ccccc2CC)cc(Cl)c1OCc1cccc(F)c1. The minimum atomic E-state index is -0.524. The monoisotopic (exact) mass is 478 g/mol. The Kier molecular flexibility index (Phi) is 8.66. The lowest BCUT2D eigenvalue weighted by Crippen LogP contribution is -2.14. The first-order valence-corrected chi connectivity index (χ1v) is 11.2. The predicted octanol–water partition coefficient (Wildman–Crippen LogP) is 6.56. The van der Waals surface area contributed by atoms with Crippen LogP contribution < -0.4 is 14.8 Å². The summed E-state index contributed by atoms with van der Waals surface area (Å²) in [5, 5.41) is 12.6. The Morgan fingerprint density at radius 2 is 1.91 bits per heavy atom. The molecule has 0 bridgehead atoms. The Morgan fingerprint density at radius 1 is 1.12 bits per heavy atom. The van der Waals surface area contributed by atoms with Crippen LogP contribution in [0.15, 0.2) is 66.2 Å². The summed E-state index contributed by atoms with van der Waals surface area (Å²) in [5.41, 5.74) is 2.68. The third-order valence-electron chi connectivity index (χ3n) is 4.93. The van der Waals surface area contributed by atoms with Crippen LogP contribution in [0, 0.1) is 17.1 Å². The first-order valence-electron chi connectivity index (χ1n) is 10.8. The maximum atomic E-state index is 13.5. The molecule has 7 heteroatoms. The summed E-state index contributed by atoms with van der Waals surface area (Å²) < 4.78 is 24.9. The lowest BCUT2D eigenvalue weighted by atomic mass is 10.1. The molecule has 3 aromatic carbocycles. The van der Waals surface area contributed by atoms with Crippen molar-refractivity contribution in [3.8, 4) is 17.6 Å². The van der Waals surface area contributed by atoms with Crippen LogP contribution in [0.3, 0.4) is 0 Å². The highest BCUT2D eigenvalue weighted by Gasteiger charge is 2.16. The van der Waals surface area contributed by atoms with Crippen molar-refractivity contribution in [3.05, 3.63) is 93.8 Å². The zero-order chi connectivity index (χ0) is 24.5. The lowest BCUT2D eigenvalue weighted by Gasteiger charge is -2.15. The van der Waals surface area contributed by atoms with Gasteiger partial charge in [-0.3, -0.25) is 4.79 Å². The number of nitriles is 1. The number of para-hydroxylation sites is 1. The van der Waals surface area contributed by atoms with Crippen molar-refractivity contribution in [1.29, 1.82) is 5.26 Å². The van der Waals surface area contributed by atoms with E-state index in [0.717, 1.165) is 12.0 Å². The van der Waals surface area contributed by atoms with Crippen molar-refractivity contribution in [1.82, 2.24) is 0 Å². The normalized spacial score (nSPS) is 11.0. The van der Waals surface area contributed by atoms with Crippen LogP contribution in [0.4, 0.5) is 10.1 Å². The number of anilines is 1. The van der Waals surface area contributed by atoms with Gasteiger partial charge in [-0.1, -0.05) is 48.9 Å². The Morgan fingerprint density at radius 3 is 2.62 bits per heavy atom. The number of hydrogen-bond acceptors (Lipinski definition) is 4. The summed E-state index contributed by atoms with van der Waals surface area (Å²) in [6.07, 6.45) is 2.18. The van der Waals surface area contributed by atoms with E-state index < -0.39 is 5.91 Å². The average Bonchev–Trinajstić information content (AvgIpc) is 2.82. The number of rotatable bonds is 9. The van der Waals surface area contributed by atoms with Crippen LogP contribution in [0.1, 0.15) is 30.5 Å². The number of aryl methyl sites for hydroxylation is 1. The molecule has 0 aliphatic rings. The van der Waals surface area contributed by atoms with Crippen molar-refractivity contribution < 1.29 is 18.7 Å². The number of ether oxygens (including phenoxy) is 2. The van der Waals surface area contributed by atoms with Gasteiger partial charge in [0.2, 0.25) is 0 Å². The molecule has 0 aliphatic heterocycles. The van der Waals surface area contributed by atoms with Gasteiger partial charge in [-0.25, -0.2) is 4.39 Å². The molecule has 0 unspecified atom stereocenters. The van der Waals surface area contributed by atoms with E-state index in [0.29, 0.717) is 34.9 Å². The van der Waals surface area contributed by atoms with E-state index >= 15 is 0 Å². The second-order valence-electron chi connectivity index (χ2n) is 7.32. The third-order valence-corrected chi connectivity index (χ3v) is 5.21. The number of nitrogens with one attached hydrogen (secondary N) is 1. The molecule has 0 saturated heterocycles. The lowest BCUT2D eigenvalue weighted by molar-refractivity contribution is -0.112. The van der Waals surface area contributed by atoms with Gasteiger partial charge in [0.05, 0.1) is 11.6 Å². The van der Waals surface area contributed by atoms with Gasteiger partial charge in [-0.15, -0.1) is 0 Å². The van der Waals surface area contributed by atoms with Gasteiger partial charge in [0.1, 0.15) is 24.1 Å². The summed E-state index contributed by atoms with van der Waals surface area (Å²) in [7, 11) is 0. The van der Waals surface area contributed by atoms with Crippen LogP contribution in [-0.2, 0) is 17.8 Å². The van der Waals surface area contributed by atoms with E-state index in [1.54, 1.807) is 30.3 Å². The van der Waals surface area contributed by atoms with E-state index in [2.05, 4.69) is 5.32 Å². The van der Waals surface area contributed by atoms with Gasteiger partial charge in [0, 0.05) is 5.69 Å². The van der Waals surface area contributed by atoms with Crippen LogP contribution in [0.25, 0.3) is 6.08 Å². The molecule has 0 radical (unpaired) electrons. The second kappa shape index (κ2) is 11.9. The number of halogens is 2. The minimum absolute atomic E-state index is 0.0853. The quantitative estimate of drug-likeness (QED) is 0.279. The van der Waals surface area contributed by atoms with E-state index in [1.165, 1.54) is 18.2 Å². The van der Waals surface area contributed by atoms with Crippen molar-refractivity contribution in [3.63, 3.8) is 0 Å². The topological polar surface area (TPSA) is 71.3 Å². The zero-order valence-corrected chi connectivity index (χ0v) is 19.7. The average molecular weight is 479 g/mol. The van der Waals surface area contributed by atoms with Crippen LogP contribution in [0.2, 0.25) is 5.02 Å². The fourth-order valence-electron chi connectivity index (χ4n) is 3.31. The maximum absolute atomic E-state index is 13.5. The Bertz CT molecular complexity index is 1250. The smallest absolute Gasteiger partial charge is 0.266 e. The zero-order valence-electron chi connectivity index (χ0n) is 18.9. The van der Waals surface area contributed by atoms with Gasteiger partial charge in [-0.2, -0.15) is 5.26 Å². The summed E-state index contributed by atoms with van der Waals surface area (Å²) >= 11 is 6.45. The van der Waals surface area contributed by atoms with Crippen molar-refractivity contribution in [2.45, 2.75) is 26.9 Å². The molecule has 5 nitrogen and oxygen atoms in total. The van der Waals surface area contributed by atoms with E-state index in [9.17, 15) is 14.4 Å². The maximum Gasteiger partial charge on any atom is 0.266 e. The fraction of sp³-hybridized carbons (Fsp3) is 0.185. The molecular weight excluding hydrogens is 455 g/mol. The molecule has 0 heterocycles. The molecule has 0 aliphatic carbocycles. The second-order valence-corrected chi connectivity index (χ2v) is 7.72. The summed E-state index contributed by atoms with van der Waals surface area (Å²) in [6, 6.07) is 18.7. The number of carbonyl (C=O) groups is 1. The summed E-state index contributed by atoms with van der Waals surface area (Å²) in [4.78, 5) is 12.7. The number of hydrogen-bond donors (Lipinski definition) is 1. The van der Waals surface area contributed by atoms with Crippen molar-refractivity contribution in [2.24, 2.45) is 0 Å². The van der Waals surface area contributed by atoms with Crippen molar-refractivity contribution >= 4 is 29.3 Å². The molecule has 34 heavy (non-hydrogen) atoms. The highest BCUT2D eigenvalue weighted by molar-refractivity contribution is 6.32. The van der Waals surface area contributed by atoms with Gasteiger partial charge in [-0.05, 0) is 66.4 Å². The molecule has 1 amide bonds. The molecule has 0 spiro atoms. The van der Waals surface area contributed by atoms with Crippen LogP contribution >= 0.6 is 11.6 Å². The minimum Gasteiger partial charge on any atom is -0.490 e. The summed E-state index contributed by atoms with van der Waals surface area (Å²) in [6.45, 7) is 4.24. The largest absolute Gasteiger partial charge is 0.490 e. The number of nitrogens with zero attached hydrogens (tertiary/aromatic N) is 1. The predicted molar refractivity (Wildman–Crippen MR) is 131 cm³/mol. The van der Waals surface area contributed by atoms with Crippen LogP contribution in [0.5, 0.6) is 11.5 Å². The van der Waals surface area contributed by atoms with Gasteiger partial charge in [0.15, 0.2) is 11.5 Å². The fourth-order valence-corrected chi connectivity index (χ4v) is 3.59. The molecule has 174 valence electrons. The first-order chi connectivity index (χ1) is 16.4. The molecule has 0 aromatic heterocycles. The molecule has 1 N–H and O–H groups in total. The van der Waals surface area contributed by atoms with Gasteiger partial charge >= 0.3 is 0 Å². The Balaban J connectivity index is 1.86. The molecule has 0 atom stereocenters. The third kappa shape index (κ3) is 6.37. The number of amides is 1. The molecule has 0 fully saturated rings.